The Morgan fingerprint density at radius 2 is 0.771 bits per heavy atom. The molecule has 0 bridgehead atoms. The molecule has 6 rings (SSSR count). The second-order valence-electron chi connectivity index (χ2n) is 9.98. The molecule has 48 heavy (non-hydrogen) atoms. The van der Waals surface area contributed by atoms with Gasteiger partial charge in [0.2, 0.25) is 0 Å². The van der Waals surface area contributed by atoms with E-state index >= 15 is 0 Å². The minimum atomic E-state index is -0.409. The van der Waals surface area contributed by atoms with E-state index in [1.54, 1.807) is 0 Å². The Morgan fingerprint density at radius 1 is 0.542 bits per heavy atom. The van der Waals surface area contributed by atoms with Crippen LogP contribution in [-0.4, -0.2) is 10.9 Å². The summed E-state index contributed by atoms with van der Waals surface area (Å²) < 4.78 is 0. The fourth-order valence-corrected chi connectivity index (χ4v) is 9.13. The van der Waals surface area contributed by atoms with Crippen LogP contribution in [0, 0.1) is 83.0 Å². The molecule has 0 amide bonds. The molecule has 0 unspecified atom stereocenters. The Labute approximate surface area is 317 Å². The topological polar surface area (TPSA) is 37.3 Å². The van der Waals surface area contributed by atoms with E-state index in [9.17, 15) is 4.79 Å². The number of ketones is 1. The zero-order valence-corrected chi connectivity index (χ0v) is 31.8. The van der Waals surface area contributed by atoms with Crippen LogP contribution in [0.15, 0.2) is 133 Å². The molecular weight excluding hydrogens is 755 g/mol. The number of carbonyl (C=O) groups excluding carboxylic acids is 1. The Bertz CT molecular complexity index is 1220. The maximum absolute atomic E-state index is 10.0. The van der Waals surface area contributed by atoms with Crippen LogP contribution in [0.25, 0.3) is 0 Å². The molecule has 14 radical (unpaired) electrons. The van der Waals surface area contributed by atoms with E-state index in [0.29, 0.717) is 0 Å². The summed E-state index contributed by atoms with van der Waals surface area (Å²) >= 11 is 0. The van der Waals surface area contributed by atoms with Crippen LogP contribution >= 0.6 is 15.8 Å². The normalized spacial score (nSPS) is 14.2. The first-order chi connectivity index (χ1) is 22.4. The monoisotopic (exact) mass is 797 g/mol. The first kappa shape index (κ1) is 44.1. The molecule has 6 heteroatoms. The number of hydrogen-bond acceptors (Lipinski definition) is 2. The molecule has 2 saturated carbocycles. The zero-order valence-electron chi connectivity index (χ0n) is 27.2. The maximum Gasteiger partial charge on any atom is 2.00 e. The van der Waals surface area contributed by atoms with E-state index in [1.165, 1.54) is 58.9 Å². The average Bonchev–Trinajstić information content (AvgIpc) is 3.80. The van der Waals surface area contributed by atoms with Gasteiger partial charge in [0.1, 0.15) is 0 Å². The molecule has 4 aromatic carbocycles. The largest absolute Gasteiger partial charge is 2.00 e. The summed E-state index contributed by atoms with van der Waals surface area (Å²) in [5.41, 5.74) is 2.84. The van der Waals surface area contributed by atoms with Gasteiger partial charge >= 0.3 is 36.5 Å². The van der Waals surface area contributed by atoms with Crippen LogP contribution in [0.2, 0.25) is 0 Å². The molecule has 2 fully saturated rings. The van der Waals surface area contributed by atoms with Crippen molar-refractivity contribution in [1.29, 1.82) is 0 Å². The molecule has 0 heterocycles. The minimum absolute atomic E-state index is 0. The van der Waals surface area contributed by atoms with Crippen molar-refractivity contribution in [2.75, 3.05) is 0 Å². The van der Waals surface area contributed by atoms with E-state index in [2.05, 4.69) is 187 Å². The van der Waals surface area contributed by atoms with E-state index in [4.69, 9.17) is 5.11 Å². The van der Waals surface area contributed by atoms with Gasteiger partial charge in [-0.25, -0.2) is 0 Å². The molecule has 2 aliphatic carbocycles. The quantitative estimate of drug-likeness (QED) is 0.0879. The van der Waals surface area contributed by atoms with Crippen molar-refractivity contribution in [2.24, 2.45) is 0 Å². The third-order valence-corrected chi connectivity index (χ3v) is 11.2. The summed E-state index contributed by atoms with van der Waals surface area (Å²) in [6.07, 6.45) is 20.1. The Morgan fingerprint density at radius 3 is 0.938 bits per heavy atom. The molecule has 0 aromatic heterocycles. The van der Waals surface area contributed by atoms with Gasteiger partial charge in [-0.3, -0.25) is 4.79 Å². The van der Waals surface area contributed by atoms with Gasteiger partial charge in [-0.15, -0.1) is 0 Å². The van der Waals surface area contributed by atoms with Crippen molar-refractivity contribution >= 4 is 42.8 Å². The van der Waals surface area contributed by atoms with Gasteiger partial charge in [0.25, 0.3) is 0 Å². The van der Waals surface area contributed by atoms with Gasteiger partial charge in [0.15, 0.2) is 5.78 Å². The summed E-state index contributed by atoms with van der Waals surface area (Å²) in [5.74, 6) is -0.0625. The number of carbonyl (C=O) groups is 1. The van der Waals surface area contributed by atoms with E-state index < -0.39 is 15.8 Å². The number of aliphatic hydroxyl groups excluding tert-OH is 1. The number of allylic oxidation sites excluding steroid dienone is 2. The Kier molecular flexibility index (Phi) is 23.9. The first-order valence-corrected chi connectivity index (χ1v) is 17.6. The summed E-state index contributed by atoms with van der Waals surface area (Å²) in [6.45, 7) is 9.35. The van der Waals surface area contributed by atoms with Crippen molar-refractivity contribution in [2.45, 2.75) is 13.8 Å². The summed E-state index contributed by atoms with van der Waals surface area (Å²) in [7, 11) is -0.818. The molecule has 244 valence electrons. The summed E-state index contributed by atoms with van der Waals surface area (Å²) in [5, 5.41) is 14.0. The van der Waals surface area contributed by atoms with Crippen LogP contribution in [0.4, 0.5) is 0 Å². The maximum atomic E-state index is 10.0. The standard InChI is InChI=1S/2C17H14P.C5H8O2.C3H5.Fe.Ru/c2*1-3-9-15(10-4-1)18(17-13-7-8-14-17)16-11-5-2-6-12-16;1-4(6)3-5(2)7;1-3-2;;/h2*1-14H;3,6H,1-2H3;3H,1-2H2;;/q;;;;+2;+1/b;;4-3-;;;. The minimum Gasteiger partial charge on any atom is -0.512 e. The molecule has 1 N–H and O–H groups in total. The summed E-state index contributed by atoms with van der Waals surface area (Å²) in [4.78, 5) is 10.0. The van der Waals surface area contributed by atoms with Crippen molar-refractivity contribution in [3.8, 4) is 0 Å². The number of rotatable bonds is 7. The molecule has 0 saturated heterocycles. The van der Waals surface area contributed by atoms with E-state index in [-0.39, 0.29) is 48.1 Å². The zero-order chi connectivity index (χ0) is 33.0. The van der Waals surface area contributed by atoms with Crippen LogP contribution in [0.5, 0.6) is 0 Å². The number of benzene rings is 4. The van der Waals surface area contributed by atoms with Crippen LogP contribution in [0.1, 0.15) is 13.8 Å². The molecule has 4 aromatic rings. The predicted molar refractivity (Wildman–Crippen MR) is 201 cm³/mol. The fraction of sp³-hybridized carbons (Fsp3) is 0.0476. The van der Waals surface area contributed by atoms with Gasteiger partial charge in [-0.05, 0) is 123 Å². The fourth-order valence-electron chi connectivity index (χ4n) is 4.52. The van der Waals surface area contributed by atoms with Gasteiger partial charge in [0, 0.05) is 17.4 Å². The second kappa shape index (κ2) is 26.0. The van der Waals surface area contributed by atoms with Crippen LogP contribution < -0.4 is 21.2 Å². The Balaban J connectivity index is 0.000000366. The predicted octanol–water partition coefficient (Wildman–Crippen LogP) is 8.86. The molecule has 2 nitrogen and oxygen atoms in total. The SMILES string of the molecule is CC(=O)/C=C(/C)O.[CH2][CH][CH2].[CH]1[CH][CH][C](P(c2ccccc2)c2ccccc2)[CH]1.[CH]1[CH][CH][C](P(c2ccccc2)c2ccccc2)[CH]1.[Fe+2].[Ru+]. The van der Waals surface area contributed by atoms with Gasteiger partial charge in [-0.1, -0.05) is 121 Å². The van der Waals surface area contributed by atoms with Crippen molar-refractivity contribution in [1.82, 2.24) is 0 Å². The van der Waals surface area contributed by atoms with Crippen molar-refractivity contribution in [3.63, 3.8) is 0 Å². The molecule has 0 spiro atoms. The number of hydrogen-bond donors (Lipinski definition) is 1. The molecule has 0 aliphatic heterocycles. The Hall–Kier alpha value is -1.91. The van der Waals surface area contributed by atoms with Crippen LogP contribution in [-0.2, 0) is 41.3 Å². The smallest absolute Gasteiger partial charge is 0.512 e. The third-order valence-electron chi connectivity index (χ3n) is 6.28. The summed E-state index contributed by atoms with van der Waals surface area (Å²) in [6, 6.07) is 43.1. The van der Waals surface area contributed by atoms with Crippen molar-refractivity contribution in [3.05, 3.63) is 216 Å². The first-order valence-electron chi connectivity index (χ1n) is 15.0. The van der Waals surface area contributed by atoms with E-state index in [0.717, 1.165) is 0 Å². The van der Waals surface area contributed by atoms with Crippen molar-refractivity contribution < 1.29 is 46.4 Å². The third kappa shape index (κ3) is 15.8. The van der Waals surface area contributed by atoms with Gasteiger partial charge in [-0.2, -0.15) is 0 Å². The molecule has 2 aliphatic rings. The van der Waals surface area contributed by atoms with Gasteiger partial charge in [0.05, 0.1) is 5.76 Å². The van der Waals surface area contributed by atoms with E-state index in [1.807, 2.05) is 0 Å². The van der Waals surface area contributed by atoms with Gasteiger partial charge < -0.3 is 5.11 Å². The van der Waals surface area contributed by atoms with Crippen LogP contribution in [0.3, 0.4) is 0 Å². The number of aliphatic hydroxyl groups is 1. The molecular formula is C42H41FeO2P2Ru+3. The molecule has 0 atom stereocenters. The average molecular weight is 797 g/mol. The second-order valence-corrected chi connectivity index (χ2v) is 14.4.